The first-order valence-corrected chi connectivity index (χ1v) is 8.61. The molecule has 5 heteroatoms. The molecule has 0 saturated heterocycles. The van der Waals surface area contributed by atoms with Crippen LogP contribution in [0, 0.1) is 0 Å². The van der Waals surface area contributed by atoms with Crippen LogP contribution >= 0.6 is 23.2 Å². The van der Waals surface area contributed by atoms with Crippen molar-refractivity contribution >= 4 is 28.9 Å². The van der Waals surface area contributed by atoms with Gasteiger partial charge in [0.1, 0.15) is 5.82 Å². The van der Waals surface area contributed by atoms with Crippen molar-refractivity contribution in [2.45, 2.75) is 13.0 Å². The minimum Gasteiger partial charge on any atom is -0.345 e. The zero-order valence-electron chi connectivity index (χ0n) is 13.2. The smallest absolute Gasteiger partial charge is 0.123 e. The second-order valence-corrected chi connectivity index (χ2v) is 6.76. The SMILES string of the molecule is CC1=CC(c2ccc(Cl)c(Cl)c2)N2C(=CCN2c2ccccc2)N1. The van der Waals surface area contributed by atoms with Crippen LogP contribution in [0.25, 0.3) is 0 Å². The first kappa shape index (κ1) is 15.4. The third kappa shape index (κ3) is 2.64. The molecule has 24 heavy (non-hydrogen) atoms. The van der Waals surface area contributed by atoms with Gasteiger partial charge in [0.2, 0.25) is 0 Å². The van der Waals surface area contributed by atoms with Crippen LogP contribution in [0.3, 0.4) is 0 Å². The van der Waals surface area contributed by atoms with E-state index in [4.69, 9.17) is 23.2 Å². The molecule has 0 aromatic heterocycles. The van der Waals surface area contributed by atoms with E-state index in [0.29, 0.717) is 10.0 Å². The summed E-state index contributed by atoms with van der Waals surface area (Å²) < 4.78 is 0. The van der Waals surface area contributed by atoms with Crippen LogP contribution in [0.2, 0.25) is 10.0 Å². The Bertz CT molecular complexity index is 830. The molecule has 0 saturated carbocycles. The molecule has 0 radical (unpaired) electrons. The van der Waals surface area contributed by atoms with Crippen LogP contribution in [-0.2, 0) is 0 Å². The molecule has 2 aromatic rings. The van der Waals surface area contributed by atoms with Crippen molar-refractivity contribution in [2.24, 2.45) is 0 Å². The zero-order chi connectivity index (χ0) is 16.7. The fraction of sp³-hybridized carbons (Fsp3) is 0.158. The van der Waals surface area contributed by atoms with Gasteiger partial charge in [-0.25, -0.2) is 0 Å². The van der Waals surface area contributed by atoms with Crippen LogP contribution < -0.4 is 10.3 Å². The fourth-order valence-electron chi connectivity index (χ4n) is 3.21. The fourth-order valence-corrected chi connectivity index (χ4v) is 3.51. The largest absolute Gasteiger partial charge is 0.345 e. The van der Waals surface area contributed by atoms with E-state index in [1.807, 2.05) is 24.3 Å². The monoisotopic (exact) mass is 357 g/mol. The Balaban J connectivity index is 1.77. The molecular weight excluding hydrogens is 341 g/mol. The van der Waals surface area contributed by atoms with Crippen molar-refractivity contribution in [1.29, 1.82) is 0 Å². The van der Waals surface area contributed by atoms with Crippen molar-refractivity contribution in [2.75, 3.05) is 11.6 Å². The molecule has 3 nitrogen and oxygen atoms in total. The summed E-state index contributed by atoms with van der Waals surface area (Å²) in [5.74, 6) is 1.09. The Morgan fingerprint density at radius 3 is 2.58 bits per heavy atom. The number of hydrazine groups is 1. The zero-order valence-corrected chi connectivity index (χ0v) is 14.7. The van der Waals surface area contributed by atoms with Gasteiger partial charge in [0, 0.05) is 5.70 Å². The average Bonchev–Trinajstić information content (AvgIpc) is 3.01. The van der Waals surface area contributed by atoms with Crippen molar-refractivity contribution in [3.63, 3.8) is 0 Å². The lowest BCUT2D eigenvalue weighted by atomic mass is 10.0. The predicted molar refractivity (Wildman–Crippen MR) is 99.8 cm³/mol. The van der Waals surface area contributed by atoms with Crippen molar-refractivity contribution in [3.8, 4) is 0 Å². The van der Waals surface area contributed by atoms with Crippen LogP contribution in [0.4, 0.5) is 5.69 Å². The Hall–Kier alpha value is -2.10. The van der Waals surface area contributed by atoms with E-state index < -0.39 is 0 Å². The first-order valence-electron chi connectivity index (χ1n) is 7.86. The minimum atomic E-state index is 0.0648. The molecule has 2 heterocycles. The maximum absolute atomic E-state index is 6.25. The molecule has 2 aliphatic rings. The summed E-state index contributed by atoms with van der Waals surface area (Å²) in [6.07, 6.45) is 4.41. The van der Waals surface area contributed by atoms with E-state index in [1.54, 1.807) is 0 Å². The third-order valence-electron chi connectivity index (χ3n) is 4.30. The van der Waals surface area contributed by atoms with E-state index in [1.165, 1.54) is 0 Å². The molecule has 2 aliphatic heterocycles. The quantitative estimate of drug-likeness (QED) is 0.804. The third-order valence-corrected chi connectivity index (χ3v) is 5.04. The molecule has 0 bridgehead atoms. The number of hydrogen-bond acceptors (Lipinski definition) is 3. The maximum atomic E-state index is 6.25. The number of benzene rings is 2. The van der Waals surface area contributed by atoms with Crippen molar-refractivity contribution in [3.05, 3.63) is 87.8 Å². The van der Waals surface area contributed by atoms with E-state index >= 15 is 0 Å². The van der Waals surface area contributed by atoms with E-state index in [2.05, 4.69) is 58.7 Å². The van der Waals surface area contributed by atoms with Gasteiger partial charge in [0.15, 0.2) is 0 Å². The molecule has 0 aliphatic carbocycles. The highest BCUT2D eigenvalue weighted by atomic mass is 35.5. The second kappa shape index (κ2) is 6.08. The summed E-state index contributed by atoms with van der Waals surface area (Å²) in [6.45, 7) is 2.90. The summed E-state index contributed by atoms with van der Waals surface area (Å²) in [4.78, 5) is 0. The van der Waals surface area contributed by atoms with Crippen molar-refractivity contribution < 1.29 is 0 Å². The number of rotatable bonds is 2. The normalized spacial score (nSPS) is 19.5. The van der Waals surface area contributed by atoms with Gasteiger partial charge in [-0.2, -0.15) is 0 Å². The van der Waals surface area contributed by atoms with Crippen LogP contribution in [0.1, 0.15) is 18.5 Å². The van der Waals surface area contributed by atoms with E-state index in [0.717, 1.165) is 29.3 Å². The number of hydrogen-bond donors (Lipinski definition) is 1. The highest BCUT2D eigenvalue weighted by Crippen LogP contribution is 2.38. The molecule has 0 fully saturated rings. The summed E-state index contributed by atoms with van der Waals surface area (Å²) in [5.41, 5.74) is 3.39. The number of allylic oxidation sites excluding steroid dienone is 1. The Kier molecular flexibility index (Phi) is 3.91. The number of halogens is 2. The van der Waals surface area contributed by atoms with Gasteiger partial charge < -0.3 is 5.32 Å². The maximum Gasteiger partial charge on any atom is 0.123 e. The topological polar surface area (TPSA) is 18.5 Å². The second-order valence-electron chi connectivity index (χ2n) is 5.94. The molecule has 0 spiro atoms. The highest BCUT2D eigenvalue weighted by Gasteiger charge is 2.34. The molecule has 2 aromatic carbocycles. The minimum absolute atomic E-state index is 0.0648. The Morgan fingerprint density at radius 1 is 1.04 bits per heavy atom. The average molecular weight is 358 g/mol. The first-order chi connectivity index (χ1) is 11.6. The van der Waals surface area contributed by atoms with Crippen LogP contribution in [-0.4, -0.2) is 11.6 Å². The number of nitrogens with zero attached hydrogens (tertiary/aromatic N) is 2. The highest BCUT2D eigenvalue weighted by molar-refractivity contribution is 6.42. The van der Waals surface area contributed by atoms with E-state index in [9.17, 15) is 0 Å². The number of fused-ring (bicyclic) bond motifs is 1. The van der Waals surface area contributed by atoms with Gasteiger partial charge >= 0.3 is 0 Å². The molecule has 1 N–H and O–H groups in total. The molecule has 1 atom stereocenters. The number of nitrogens with one attached hydrogen (secondary N) is 1. The summed E-state index contributed by atoms with van der Waals surface area (Å²) in [7, 11) is 0. The number of para-hydroxylation sites is 1. The Labute approximate surface area is 151 Å². The molecule has 122 valence electrons. The van der Waals surface area contributed by atoms with Crippen molar-refractivity contribution in [1.82, 2.24) is 10.3 Å². The van der Waals surface area contributed by atoms with Crippen LogP contribution in [0.5, 0.6) is 0 Å². The summed E-state index contributed by atoms with van der Waals surface area (Å²) in [5, 5.41) is 9.13. The summed E-state index contributed by atoms with van der Waals surface area (Å²) >= 11 is 12.3. The molecule has 0 amide bonds. The predicted octanol–water partition coefficient (Wildman–Crippen LogP) is 5.12. The van der Waals surface area contributed by atoms with Gasteiger partial charge in [0.25, 0.3) is 0 Å². The summed E-state index contributed by atoms with van der Waals surface area (Å²) in [6, 6.07) is 16.3. The number of anilines is 1. The van der Waals surface area contributed by atoms with E-state index in [-0.39, 0.29) is 6.04 Å². The molecule has 4 rings (SSSR count). The van der Waals surface area contributed by atoms with Gasteiger partial charge in [0.05, 0.1) is 28.3 Å². The van der Waals surface area contributed by atoms with Gasteiger partial charge in [-0.3, -0.25) is 10.0 Å². The molecular formula is C19H17Cl2N3. The Morgan fingerprint density at radius 2 is 1.83 bits per heavy atom. The molecule has 1 unspecified atom stereocenters. The lowest BCUT2D eigenvalue weighted by molar-refractivity contribution is 0.269. The van der Waals surface area contributed by atoms with Gasteiger partial charge in [-0.05, 0) is 48.9 Å². The standard InChI is InChI=1S/C19H17Cl2N3/c1-13-11-18(14-7-8-16(20)17(21)12-14)24-19(22-13)9-10-23(24)15-5-3-2-4-6-15/h2-9,11-12,18,22H,10H2,1H3. The lowest BCUT2D eigenvalue weighted by Gasteiger charge is -2.42. The van der Waals surface area contributed by atoms with Gasteiger partial charge in [-0.1, -0.05) is 47.5 Å². The van der Waals surface area contributed by atoms with Gasteiger partial charge in [-0.15, -0.1) is 0 Å². The van der Waals surface area contributed by atoms with Crippen LogP contribution in [0.15, 0.2) is 72.2 Å². The lowest BCUT2D eigenvalue weighted by Crippen LogP contribution is -2.45.